The van der Waals surface area contributed by atoms with Crippen molar-refractivity contribution in [1.29, 1.82) is 0 Å². The Bertz CT molecular complexity index is 597. The quantitative estimate of drug-likeness (QED) is 0.827. The predicted molar refractivity (Wildman–Crippen MR) is 63.3 cm³/mol. The summed E-state index contributed by atoms with van der Waals surface area (Å²) >= 11 is 1.32. The Morgan fingerprint density at radius 3 is 2.88 bits per heavy atom. The second kappa shape index (κ2) is 4.50. The van der Waals surface area contributed by atoms with Crippen LogP contribution in [-0.4, -0.2) is 25.9 Å². The van der Waals surface area contributed by atoms with E-state index in [1.807, 2.05) is 6.92 Å². The molecule has 0 fully saturated rings. The largest absolute Gasteiger partial charge is 0.295 e. The maximum atomic E-state index is 11.8. The number of anilines is 1. The second-order valence-corrected chi connectivity index (χ2v) is 4.44. The van der Waals surface area contributed by atoms with Gasteiger partial charge in [0.1, 0.15) is 10.7 Å². The van der Waals surface area contributed by atoms with Crippen LogP contribution >= 0.6 is 11.3 Å². The Morgan fingerprint density at radius 1 is 1.59 bits per heavy atom. The van der Waals surface area contributed by atoms with Crippen LogP contribution in [0.15, 0.2) is 10.9 Å². The summed E-state index contributed by atoms with van der Waals surface area (Å²) in [6.07, 6.45) is 0.774. The zero-order valence-electron chi connectivity index (χ0n) is 9.35. The molecule has 0 bridgehead atoms. The van der Waals surface area contributed by atoms with Crippen LogP contribution in [0.2, 0.25) is 0 Å². The van der Waals surface area contributed by atoms with Crippen molar-refractivity contribution in [3.63, 3.8) is 0 Å². The van der Waals surface area contributed by atoms with Gasteiger partial charge in [-0.3, -0.25) is 24.7 Å². The van der Waals surface area contributed by atoms with Crippen LogP contribution in [0.1, 0.15) is 22.4 Å². The number of carbonyl (C=O) groups is 1. The van der Waals surface area contributed by atoms with E-state index in [2.05, 4.69) is 20.6 Å². The molecule has 8 heteroatoms. The summed E-state index contributed by atoms with van der Waals surface area (Å²) in [5, 5.41) is 14.0. The minimum atomic E-state index is -0.385. The maximum absolute atomic E-state index is 11.8. The summed E-state index contributed by atoms with van der Waals surface area (Å²) in [4.78, 5) is 22.8. The molecule has 0 aliphatic carbocycles. The molecule has 2 aromatic heterocycles. The summed E-state index contributed by atoms with van der Waals surface area (Å²) in [5.74, 6) is -0.385. The van der Waals surface area contributed by atoms with E-state index in [0.29, 0.717) is 5.13 Å². The summed E-state index contributed by atoms with van der Waals surface area (Å²) < 4.78 is 1.36. The van der Waals surface area contributed by atoms with Gasteiger partial charge in [-0.05, 0) is 6.42 Å². The van der Waals surface area contributed by atoms with E-state index < -0.39 is 0 Å². The molecule has 0 spiro atoms. The van der Waals surface area contributed by atoms with Gasteiger partial charge < -0.3 is 0 Å². The molecule has 7 nitrogen and oxygen atoms in total. The Hall–Kier alpha value is -1.96. The van der Waals surface area contributed by atoms with Gasteiger partial charge in [0.25, 0.3) is 11.5 Å². The number of aromatic amines is 1. The highest BCUT2D eigenvalue weighted by Crippen LogP contribution is 2.15. The molecule has 0 aliphatic rings. The first-order valence-electron chi connectivity index (χ1n) is 5.00. The van der Waals surface area contributed by atoms with Crippen LogP contribution in [0.5, 0.6) is 0 Å². The SMILES string of the molecule is CCc1nnc(NC(=O)c2cc(=O)[nH]n2C)s1. The third-order valence-electron chi connectivity index (χ3n) is 2.13. The number of rotatable bonds is 3. The van der Waals surface area contributed by atoms with Crippen molar-refractivity contribution in [3.8, 4) is 0 Å². The summed E-state index contributed by atoms with van der Waals surface area (Å²) in [5.41, 5.74) is -0.0626. The lowest BCUT2D eigenvalue weighted by molar-refractivity contribution is 0.101. The first kappa shape index (κ1) is 11.5. The summed E-state index contributed by atoms with van der Waals surface area (Å²) in [6.45, 7) is 1.96. The average Bonchev–Trinajstić information content (AvgIpc) is 2.85. The van der Waals surface area contributed by atoms with Crippen molar-refractivity contribution in [2.24, 2.45) is 7.05 Å². The highest BCUT2D eigenvalue weighted by Gasteiger charge is 2.13. The number of nitrogens with zero attached hydrogens (tertiary/aromatic N) is 3. The first-order valence-corrected chi connectivity index (χ1v) is 5.81. The Labute approximate surface area is 100 Å². The molecule has 2 N–H and O–H groups in total. The zero-order valence-corrected chi connectivity index (χ0v) is 10.2. The molecule has 2 aromatic rings. The van der Waals surface area contributed by atoms with Gasteiger partial charge in [0.05, 0.1) is 0 Å². The Morgan fingerprint density at radius 2 is 2.35 bits per heavy atom. The fourth-order valence-corrected chi connectivity index (χ4v) is 1.98. The van der Waals surface area contributed by atoms with Gasteiger partial charge >= 0.3 is 0 Å². The van der Waals surface area contributed by atoms with Crippen molar-refractivity contribution in [2.75, 3.05) is 5.32 Å². The third-order valence-corrected chi connectivity index (χ3v) is 3.11. The Balaban J connectivity index is 2.16. The maximum Gasteiger partial charge on any atom is 0.275 e. The van der Waals surface area contributed by atoms with E-state index in [-0.39, 0.29) is 17.2 Å². The van der Waals surface area contributed by atoms with E-state index in [4.69, 9.17) is 0 Å². The minimum absolute atomic E-state index is 0.253. The van der Waals surface area contributed by atoms with Crippen LogP contribution in [0.25, 0.3) is 0 Å². The van der Waals surface area contributed by atoms with E-state index in [1.54, 1.807) is 7.05 Å². The molecule has 0 saturated heterocycles. The van der Waals surface area contributed by atoms with Gasteiger partial charge in [-0.2, -0.15) is 0 Å². The van der Waals surface area contributed by atoms with Gasteiger partial charge in [-0.1, -0.05) is 18.3 Å². The van der Waals surface area contributed by atoms with Crippen molar-refractivity contribution >= 4 is 22.4 Å². The number of hydrogen-bond acceptors (Lipinski definition) is 5. The number of amides is 1. The van der Waals surface area contributed by atoms with Crippen molar-refractivity contribution in [2.45, 2.75) is 13.3 Å². The van der Waals surface area contributed by atoms with Crippen LogP contribution in [-0.2, 0) is 13.5 Å². The molecule has 2 heterocycles. The first-order chi connectivity index (χ1) is 8.10. The molecule has 0 aliphatic heterocycles. The van der Waals surface area contributed by atoms with Crippen LogP contribution in [0, 0.1) is 0 Å². The van der Waals surface area contributed by atoms with Gasteiger partial charge in [0, 0.05) is 13.1 Å². The zero-order chi connectivity index (χ0) is 12.4. The highest BCUT2D eigenvalue weighted by atomic mass is 32.1. The molecule has 0 aromatic carbocycles. The molecule has 2 rings (SSSR count). The van der Waals surface area contributed by atoms with Crippen LogP contribution < -0.4 is 10.9 Å². The lowest BCUT2D eigenvalue weighted by Crippen LogP contribution is -2.15. The van der Waals surface area contributed by atoms with Gasteiger partial charge in [-0.15, -0.1) is 10.2 Å². The van der Waals surface area contributed by atoms with Crippen molar-refractivity contribution in [1.82, 2.24) is 20.0 Å². The monoisotopic (exact) mass is 253 g/mol. The summed E-state index contributed by atoms with van der Waals surface area (Å²) in [7, 11) is 1.59. The fourth-order valence-electron chi connectivity index (χ4n) is 1.30. The average molecular weight is 253 g/mol. The lowest BCUT2D eigenvalue weighted by Gasteiger charge is -2.00. The summed E-state index contributed by atoms with van der Waals surface area (Å²) in [6, 6.07) is 1.23. The Kier molecular flexibility index (Phi) is 3.05. The number of aryl methyl sites for hydroxylation is 2. The molecule has 0 unspecified atom stereocenters. The molecule has 17 heavy (non-hydrogen) atoms. The number of hydrogen-bond donors (Lipinski definition) is 2. The standard InChI is InChI=1S/C9H11N5O2S/c1-3-7-11-12-9(17-7)10-8(16)5-4-6(15)13-14(5)2/h4H,3H2,1-2H3,(H,13,15)(H,10,12,16). The normalized spacial score (nSPS) is 10.5. The molecule has 0 radical (unpaired) electrons. The van der Waals surface area contributed by atoms with Gasteiger partial charge in [0.2, 0.25) is 5.13 Å². The van der Waals surface area contributed by atoms with E-state index in [0.717, 1.165) is 11.4 Å². The van der Waals surface area contributed by atoms with Crippen molar-refractivity contribution in [3.05, 3.63) is 27.1 Å². The van der Waals surface area contributed by atoms with Gasteiger partial charge in [0.15, 0.2) is 0 Å². The molecule has 0 atom stereocenters. The number of aromatic nitrogens is 4. The molecule has 1 amide bonds. The van der Waals surface area contributed by atoms with E-state index in [1.165, 1.54) is 22.1 Å². The van der Waals surface area contributed by atoms with Crippen LogP contribution in [0.3, 0.4) is 0 Å². The molecular formula is C9H11N5O2S. The molecular weight excluding hydrogens is 242 g/mol. The fraction of sp³-hybridized carbons (Fsp3) is 0.333. The third kappa shape index (κ3) is 2.41. The highest BCUT2D eigenvalue weighted by molar-refractivity contribution is 7.15. The van der Waals surface area contributed by atoms with E-state index >= 15 is 0 Å². The number of carbonyl (C=O) groups excluding carboxylic acids is 1. The van der Waals surface area contributed by atoms with Crippen LogP contribution in [0.4, 0.5) is 5.13 Å². The number of nitrogens with one attached hydrogen (secondary N) is 2. The second-order valence-electron chi connectivity index (χ2n) is 3.37. The predicted octanol–water partition coefficient (Wildman–Crippen LogP) is 0.380. The molecule has 90 valence electrons. The van der Waals surface area contributed by atoms with Gasteiger partial charge in [-0.25, -0.2) is 0 Å². The number of H-pyrrole nitrogens is 1. The topological polar surface area (TPSA) is 92.7 Å². The van der Waals surface area contributed by atoms with Crippen molar-refractivity contribution < 1.29 is 4.79 Å². The smallest absolute Gasteiger partial charge is 0.275 e. The molecule has 0 saturated carbocycles. The minimum Gasteiger partial charge on any atom is -0.295 e. The lowest BCUT2D eigenvalue weighted by atomic mass is 10.4. The van der Waals surface area contributed by atoms with E-state index in [9.17, 15) is 9.59 Å².